The number of halogens is 1. The number of benzene rings is 1. The van der Waals surface area contributed by atoms with Crippen molar-refractivity contribution in [3.63, 3.8) is 0 Å². The predicted molar refractivity (Wildman–Crippen MR) is 96.6 cm³/mol. The number of hydrogen-bond acceptors (Lipinski definition) is 5. The predicted octanol–water partition coefficient (Wildman–Crippen LogP) is 2.21. The molecular formula is C20H17FN2O4. The fraction of sp³-hybridized carbons (Fsp3) is 0.250. The Kier molecular flexibility index (Phi) is 4.24. The summed E-state index contributed by atoms with van der Waals surface area (Å²) in [6.07, 6.45) is 2.25. The minimum Gasteiger partial charge on any atom is -0.486 e. The Hall–Kier alpha value is -3.06. The van der Waals surface area contributed by atoms with E-state index in [0.717, 1.165) is 11.1 Å². The van der Waals surface area contributed by atoms with E-state index in [2.05, 4.69) is 4.98 Å². The van der Waals surface area contributed by atoms with Gasteiger partial charge in [0.1, 0.15) is 17.4 Å². The van der Waals surface area contributed by atoms with Crippen LogP contribution in [0.3, 0.4) is 0 Å². The fourth-order valence-electron chi connectivity index (χ4n) is 3.53. The van der Waals surface area contributed by atoms with Gasteiger partial charge in [-0.1, -0.05) is 12.1 Å². The van der Waals surface area contributed by atoms with Gasteiger partial charge in [-0.25, -0.2) is 4.39 Å². The van der Waals surface area contributed by atoms with E-state index in [-0.39, 0.29) is 29.6 Å². The minimum absolute atomic E-state index is 0.0798. The van der Waals surface area contributed by atoms with Crippen LogP contribution in [0.2, 0.25) is 0 Å². The average molecular weight is 368 g/mol. The lowest BCUT2D eigenvalue weighted by Gasteiger charge is -2.28. The second-order valence-corrected chi connectivity index (χ2v) is 6.63. The first kappa shape index (κ1) is 17.4. The molecule has 7 heteroatoms. The molecule has 0 saturated heterocycles. The lowest BCUT2D eigenvalue weighted by atomic mass is 10.0. The molecule has 2 aromatic heterocycles. The van der Waals surface area contributed by atoms with Gasteiger partial charge in [0, 0.05) is 23.7 Å². The SMILES string of the molecule is CC1Cn2c(=O)c(C=O)c(CO)c3ncc(Cc4ccc(F)cc4)c(c32)O1. The van der Waals surface area contributed by atoms with Crippen molar-refractivity contribution in [2.45, 2.75) is 32.6 Å². The molecule has 4 rings (SSSR count). The summed E-state index contributed by atoms with van der Waals surface area (Å²) in [5.74, 6) is 0.191. The van der Waals surface area contributed by atoms with E-state index in [1.54, 1.807) is 18.3 Å². The summed E-state index contributed by atoms with van der Waals surface area (Å²) in [5.41, 5.74) is 2.14. The van der Waals surface area contributed by atoms with E-state index in [1.807, 2.05) is 6.92 Å². The van der Waals surface area contributed by atoms with E-state index in [4.69, 9.17) is 4.74 Å². The Morgan fingerprint density at radius 3 is 2.78 bits per heavy atom. The van der Waals surface area contributed by atoms with Crippen LogP contribution in [-0.4, -0.2) is 27.0 Å². The molecule has 0 aliphatic carbocycles. The van der Waals surface area contributed by atoms with Crippen molar-refractivity contribution in [3.05, 3.63) is 68.9 Å². The van der Waals surface area contributed by atoms with Crippen molar-refractivity contribution in [2.24, 2.45) is 0 Å². The zero-order chi connectivity index (χ0) is 19.1. The van der Waals surface area contributed by atoms with Gasteiger partial charge < -0.3 is 9.84 Å². The standard InChI is InChI=1S/C20H17FN2O4/c1-11-8-23-18-17(15(9-24)16(10-25)20(23)26)22-7-13(19(18)27-11)6-12-2-4-14(21)5-3-12/h2-5,7,10-11,24H,6,8-9H2,1H3. The van der Waals surface area contributed by atoms with Gasteiger partial charge in [-0.15, -0.1) is 0 Å². The number of carbonyl (C=O) groups is 1. The summed E-state index contributed by atoms with van der Waals surface area (Å²) in [5, 5.41) is 9.70. The molecule has 0 spiro atoms. The summed E-state index contributed by atoms with van der Waals surface area (Å²) < 4.78 is 20.7. The Bertz CT molecular complexity index is 1110. The Morgan fingerprint density at radius 1 is 1.37 bits per heavy atom. The van der Waals surface area contributed by atoms with Gasteiger partial charge >= 0.3 is 0 Å². The molecule has 1 N–H and O–H groups in total. The molecule has 3 heterocycles. The first-order valence-electron chi connectivity index (χ1n) is 8.58. The maximum Gasteiger partial charge on any atom is 0.262 e. The highest BCUT2D eigenvalue weighted by Gasteiger charge is 2.27. The Morgan fingerprint density at radius 2 is 2.11 bits per heavy atom. The fourth-order valence-corrected chi connectivity index (χ4v) is 3.53. The number of aliphatic hydroxyl groups is 1. The number of carbonyl (C=O) groups excluding carboxylic acids is 1. The number of rotatable bonds is 4. The molecule has 0 radical (unpaired) electrons. The van der Waals surface area contributed by atoms with Crippen molar-refractivity contribution in [1.82, 2.24) is 9.55 Å². The Labute approximate surface area is 153 Å². The number of hydrogen-bond donors (Lipinski definition) is 1. The van der Waals surface area contributed by atoms with E-state index in [9.17, 15) is 19.1 Å². The highest BCUT2D eigenvalue weighted by atomic mass is 19.1. The molecule has 1 aliphatic rings. The molecule has 1 aliphatic heterocycles. The van der Waals surface area contributed by atoms with Crippen LogP contribution in [0, 0.1) is 5.82 Å². The van der Waals surface area contributed by atoms with Crippen molar-refractivity contribution in [3.8, 4) is 5.75 Å². The van der Waals surface area contributed by atoms with E-state index < -0.39 is 12.2 Å². The lowest BCUT2D eigenvalue weighted by Crippen LogP contribution is -2.35. The number of pyridine rings is 2. The zero-order valence-corrected chi connectivity index (χ0v) is 14.6. The van der Waals surface area contributed by atoms with Gasteiger partial charge in [0.25, 0.3) is 5.56 Å². The summed E-state index contributed by atoms with van der Waals surface area (Å²) in [7, 11) is 0. The number of ether oxygens (including phenoxy) is 1. The third-order valence-electron chi connectivity index (χ3n) is 4.78. The molecule has 0 fully saturated rings. The molecule has 3 aromatic rings. The monoisotopic (exact) mass is 368 g/mol. The van der Waals surface area contributed by atoms with Gasteiger partial charge in [0.2, 0.25) is 0 Å². The molecule has 1 aromatic carbocycles. The molecule has 1 unspecified atom stereocenters. The van der Waals surface area contributed by atoms with Gasteiger partial charge in [-0.3, -0.25) is 19.1 Å². The molecule has 0 bridgehead atoms. The van der Waals surface area contributed by atoms with Crippen LogP contribution >= 0.6 is 0 Å². The largest absolute Gasteiger partial charge is 0.486 e. The topological polar surface area (TPSA) is 81.4 Å². The average Bonchev–Trinajstić information content (AvgIpc) is 2.67. The second kappa shape index (κ2) is 6.59. The molecule has 138 valence electrons. The third kappa shape index (κ3) is 2.80. The van der Waals surface area contributed by atoms with E-state index >= 15 is 0 Å². The minimum atomic E-state index is -0.472. The molecule has 27 heavy (non-hydrogen) atoms. The number of aldehydes is 1. The molecule has 6 nitrogen and oxygen atoms in total. The quantitative estimate of drug-likeness (QED) is 0.714. The van der Waals surface area contributed by atoms with Gasteiger partial charge in [0.15, 0.2) is 12.0 Å². The van der Waals surface area contributed by atoms with Crippen molar-refractivity contribution >= 4 is 17.3 Å². The number of aliphatic hydroxyl groups excluding tert-OH is 1. The zero-order valence-electron chi connectivity index (χ0n) is 14.6. The molecular weight excluding hydrogens is 351 g/mol. The second-order valence-electron chi connectivity index (χ2n) is 6.63. The number of nitrogens with zero attached hydrogens (tertiary/aromatic N) is 2. The van der Waals surface area contributed by atoms with E-state index in [0.29, 0.717) is 29.5 Å². The highest BCUT2D eigenvalue weighted by molar-refractivity contribution is 5.92. The van der Waals surface area contributed by atoms with Gasteiger partial charge in [-0.05, 0) is 24.6 Å². The summed E-state index contributed by atoms with van der Waals surface area (Å²) in [6, 6.07) is 6.13. The van der Waals surface area contributed by atoms with Crippen LogP contribution in [0.5, 0.6) is 5.75 Å². The molecule has 0 saturated carbocycles. The van der Waals surface area contributed by atoms with Crippen LogP contribution in [0.15, 0.2) is 35.3 Å². The molecule has 0 amide bonds. The van der Waals surface area contributed by atoms with Crippen LogP contribution in [0.4, 0.5) is 4.39 Å². The van der Waals surface area contributed by atoms with Crippen molar-refractivity contribution in [2.75, 3.05) is 0 Å². The van der Waals surface area contributed by atoms with Crippen molar-refractivity contribution in [1.29, 1.82) is 0 Å². The van der Waals surface area contributed by atoms with E-state index in [1.165, 1.54) is 16.7 Å². The lowest BCUT2D eigenvalue weighted by molar-refractivity contribution is 0.111. The third-order valence-corrected chi connectivity index (χ3v) is 4.78. The van der Waals surface area contributed by atoms with Crippen LogP contribution in [0.1, 0.15) is 34.0 Å². The summed E-state index contributed by atoms with van der Waals surface area (Å²) in [6.45, 7) is 1.65. The molecule has 1 atom stereocenters. The van der Waals surface area contributed by atoms with Crippen LogP contribution in [-0.2, 0) is 19.6 Å². The Balaban J connectivity index is 1.98. The van der Waals surface area contributed by atoms with Crippen molar-refractivity contribution < 1.29 is 19.0 Å². The summed E-state index contributed by atoms with van der Waals surface area (Å²) in [4.78, 5) is 28.6. The maximum absolute atomic E-state index is 13.2. The first-order chi connectivity index (χ1) is 13.0. The van der Waals surface area contributed by atoms with Crippen LogP contribution in [0.25, 0.3) is 11.0 Å². The normalized spacial score (nSPS) is 15.6. The highest BCUT2D eigenvalue weighted by Crippen LogP contribution is 2.35. The van der Waals surface area contributed by atoms with Gasteiger partial charge in [-0.2, -0.15) is 0 Å². The maximum atomic E-state index is 13.2. The smallest absolute Gasteiger partial charge is 0.262 e. The summed E-state index contributed by atoms with van der Waals surface area (Å²) >= 11 is 0. The number of aromatic nitrogens is 2. The first-order valence-corrected chi connectivity index (χ1v) is 8.58. The van der Waals surface area contributed by atoms with Gasteiger partial charge in [0.05, 0.1) is 24.2 Å². The van der Waals surface area contributed by atoms with Crippen LogP contribution < -0.4 is 10.3 Å².